The molecule has 1 unspecified atom stereocenters. The molecule has 1 fully saturated rings. The van der Waals surface area contributed by atoms with Crippen LogP contribution in [0.4, 0.5) is 0 Å². The Morgan fingerprint density at radius 2 is 1.86 bits per heavy atom. The molecule has 0 bridgehead atoms. The van der Waals surface area contributed by atoms with Gasteiger partial charge in [0.15, 0.2) is 6.10 Å². The van der Waals surface area contributed by atoms with Crippen LogP contribution in [0, 0.1) is 0 Å². The highest BCUT2D eigenvalue weighted by atomic mass is 16.6. The van der Waals surface area contributed by atoms with Gasteiger partial charge in [0.05, 0.1) is 6.61 Å². The van der Waals surface area contributed by atoms with Gasteiger partial charge in [0.25, 0.3) is 0 Å². The van der Waals surface area contributed by atoms with Crippen molar-refractivity contribution in [3.05, 3.63) is 35.9 Å². The van der Waals surface area contributed by atoms with E-state index in [0.717, 1.165) is 31.2 Å². The Morgan fingerprint density at radius 1 is 1.10 bits per heavy atom. The molecular formula is C17H22O4. The average Bonchev–Trinajstić information content (AvgIpc) is 2.77. The smallest absolute Gasteiger partial charge is 0.343 e. The summed E-state index contributed by atoms with van der Waals surface area (Å²) in [7, 11) is 0. The molecule has 0 saturated carbocycles. The number of carbonyl (C=O) groups is 2. The highest BCUT2D eigenvalue weighted by molar-refractivity contribution is 6.09. The van der Waals surface area contributed by atoms with Crippen LogP contribution in [-0.2, 0) is 25.7 Å². The zero-order valence-corrected chi connectivity index (χ0v) is 12.4. The van der Waals surface area contributed by atoms with Gasteiger partial charge in [-0.25, -0.2) is 4.79 Å². The van der Waals surface area contributed by atoms with E-state index in [1.54, 1.807) is 0 Å². The molecule has 2 atom stereocenters. The van der Waals surface area contributed by atoms with Crippen molar-refractivity contribution >= 4 is 11.8 Å². The van der Waals surface area contributed by atoms with E-state index < -0.39 is 18.2 Å². The molecule has 0 aromatic heterocycles. The summed E-state index contributed by atoms with van der Waals surface area (Å²) in [5.74, 6) is -0.774. The summed E-state index contributed by atoms with van der Waals surface area (Å²) in [5, 5.41) is 0. The van der Waals surface area contributed by atoms with Crippen molar-refractivity contribution < 1.29 is 19.1 Å². The molecule has 4 nitrogen and oxygen atoms in total. The van der Waals surface area contributed by atoms with Crippen molar-refractivity contribution in [3.8, 4) is 0 Å². The number of benzene rings is 1. The molecule has 1 aliphatic heterocycles. The molecule has 0 amide bonds. The summed E-state index contributed by atoms with van der Waals surface area (Å²) in [6, 6.07) is 9.48. The number of cyclic esters (lactones) is 1. The van der Waals surface area contributed by atoms with E-state index in [1.807, 2.05) is 30.3 Å². The third-order valence-corrected chi connectivity index (χ3v) is 3.63. The predicted molar refractivity (Wildman–Crippen MR) is 78.7 cm³/mol. The molecule has 1 saturated heterocycles. The topological polar surface area (TPSA) is 52.6 Å². The third kappa shape index (κ3) is 4.39. The summed E-state index contributed by atoms with van der Waals surface area (Å²) in [6.07, 6.45) is 3.19. The average molecular weight is 290 g/mol. The first-order valence-corrected chi connectivity index (χ1v) is 7.62. The zero-order valence-electron chi connectivity index (χ0n) is 12.4. The van der Waals surface area contributed by atoms with Crippen molar-refractivity contribution in [2.24, 2.45) is 0 Å². The lowest BCUT2D eigenvalue weighted by Crippen LogP contribution is -2.28. The van der Waals surface area contributed by atoms with Crippen LogP contribution in [0.3, 0.4) is 0 Å². The number of hydrogen-bond donors (Lipinski definition) is 0. The number of unbranched alkanes of at least 4 members (excludes halogenated alkanes) is 3. The van der Waals surface area contributed by atoms with Crippen LogP contribution in [0.5, 0.6) is 0 Å². The van der Waals surface area contributed by atoms with E-state index in [9.17, 15) is 9.59 Å². The molecule has 0 spiro atoms. The minimum atomic E-state index is -1.05. The van der Waals surface area contributed by atoms with Gasteiger partial charge < -0.3 is 9.47 Å². The lowest BCUT2D eigenvalue weighted by Gasteiger charge is -2.08. The van der Waals surface area contributed by atoms with E-state index in [0.29, 0.717) is 6.42 Å². The van der Waals surface area contributed by atoms with Gasteiger partial charge in [-0.15, -0.1) is 0 Å². The summed E-state index contributed by atoms with van der Waals surface area (Å²) in [5.41, 5.74) is 0.935. The van der Waals surface area contributed by atoms with Crippen molar-refractivity contribution in [2.75, 3.05) is 0 Å². The number of Topliss-reactive ketones (excluding diaryl/α,β-unsaturated/α-hetero) is 1. The Hall–Kier alpha value is -1.68. The predicted octanol–water partition coefficient (Wildman–Crippen LogP) is 3.04. The van der Waals surface area contributed by atoms with Crippen molar-refractivity contribution in [1.82, 2.24) is 0 Å². The lowest BCUT2D eigenvalue weighted by atomic mass is 10.1. The first kappa shape index (κ1) is 15.7. The first-order valence-electron chi connectivity index (χ1n) is 7.62. The number of carbonyl (C=O) groups excluding carboxylic acids is 2. The Labute approximate surface area is 125 Å². The maximum atomic E-state index is 12.1. The van der Waals surface area contributed by atoms with Crippen molar-refractivity contribution in [3.63, 3.8) is 0 Å². The summed E-state index contributed by atoms with van der Waals surface area (Å²) < 4.78 is 10.6. The highest BCUT2D eigenvalue weighted by Gasteiger charge is 2.43. The van der Waals surface area contributed by atoms with E-state index >= 15 is 0 Å². The van der Waals surface area contributed by atoms with Gasteiger partial charge in [0, 0.05) is 0 Å². The van der Waals surface area contributed by atoms with Gasteiger partial charge in [-0.2, -0.15) is 0 Å². The molecule has 1 aromatic carbocycles. The monoisotopic (exact) mass is 290 g/mol. The normalized spacial score (nSPS) is 21.6. The second-order valence-electron chi connectivity index (χ2n) is 5.35. The Balaban J connectivity index is 1.81. The summed E-state index contributed by atoms with van der Waals surface area (Å²) >= 11 is 0. The van der Waals surface area contributed by atoms with Crippen molar-refractivity contribution in [2.45, 2.75) is 57.8 Å². The molecule has 1 aromatic rings. The SMILES string of the molecule is CCCCCC[C@@H]1OC(=O)C(OCc2ccccc2)C1=O. The Bertz CT molecular complexity index is 469. The minimum absolute atomic E-state index is 0.229. The quantitative estimate of drug-likeness (QED) is 0.419. The lowest BCUT2D eigenvalue weighted by molar-refractivity contribution is -0.150. The molecule has 114 valence electrons. The molecule has 0 radical (unpaired) electrons. The van der Waals surface area contributed by atoms with Crippen LogP contribution in [0.25, 0.3) is 0 Å². The van der Waals surface area contributed by atoms with Gasteiger partial charge >= 0.3 is 5.97 Å². The largest absolute Gasteiger partial charge is 0.452 e. The molecule has 21 heavy (non-hydrogen) atoms. The summed E-state index contributed by atoms with van der Waals surface area (Å²) in [4.78, 5) is 23.9. The Kier molecular flexibility index (Phi) is 5.93. The van der Waals surface area contributed by atoms with Crippen LogP contribution < -0.4 is 0 Å². The van der Waals surface area contributed by atoms with Gasteiger partial charge in [0.2, 0.25) is 11.9 Å². The van der Waals surface area contributed by atoms with E-state index in [4.69, 9.17) is 9.47 Å². The first-order chi connectivity index (χ1) is 10.2. The fourth-order valence-electron chi connectivity index (χ4n) is 2.41. The second kappa shape index (κ2) is 7.93. The van der Waals surface area contributed by atoms with Crippen LogP contribution in [0.2, 0.25) is 0 Å². The maximum absolute atomic E-state index is 12.1. The molecule has 1 aliphatic rings. The van der Waals surface area contributed by atoms with Gasteiger partial charge in [-0.3, -0.25) is 4.79 Å². The third-order valence-electron chi connectivity index (χ3n) is 3.63. The van der Waals surface area contributed by atoms with Gasteiger partial charge in [0.1, 0.15) is 0 Å². The van der Waals surface area contributed by atoms with Gasteiger partial charge in [-0.1, -0.05) is 56.5 Å². The number of ketones is 1. The number of hydrogen-bond acceptors (Lipinski definition) is 4. The molecule has 0 aliphatic carbocycles. The van der Waals surface area contributed by atoms with E-state index in [2.05, 4.69) is 6.92 Å². The van der Waals surface area contributed by atoms with Crippen LogP contribution in [0.15, 0.2) is 30.3 Å². The van der Waals surface area contributed by atoms with Crippen LogP contribution >= 0.6 is 0 Å². The maximum Gasteiger partial charge on any atom is 0.343 e. The Morgan fingerprint density at radius 3 is 2.57 bits per heavy atom. The van der Waals surface area contributed by atoms with E-state index in [-0.39, 0.29) is 12.4 Å². The zero-order chi connectivity index (χ0) is 15.1. The van der Waals surface area contributed by atoms with Crippen molar-refractivity contribution in [1.29, 1.82) is 0 Å². The summed E-state index contributed by atoms with van der Waals surface area (Å²) in [6.45, 7) is 2.38. The number of ether oxygens (including phenoxy) is 2. The fourth-order valence-corrected chi connectivity index (χ4v) is 2.41. The fraction of sp³-hybridized carbons (Fsp3) is 0.529. The molecule has 0 N–H and O–H groups in total. The molecule has 2 rings (SSSR count). The molecule has 1 heterocycles. The van der Waals surface area contributed by atoms with E-state index in [1.165, 1.54) is 0 Å². The second-order valence-corrected chi connectivity index (χ2v) is 5.35. The standard InChI is InChI=1S/C17H22O4/c1-2-3-4-8-11-14-15(18)16(17(19)21-14)20-12-13-9-6-5-7-10-13/h5-7,9-10,14,16H,2-4,8,11-12H2,1H3/t14-,16?/m0/s1. The number of rotatable bonds is 8. The molecular weight excluding hydrogens is 268 g/mol. The van der Waals surface area contributed by atoms with Crippen LogP contribution in [-0.4, -0.2) is 24.0 Å². The number of esters is 1. The van der Waals surface area contributed by atoms with Crippen LogP contribution in [0.1, 0.15) is 44.6 Å². The van der Waals surface area contributed by atoms with Gasteiger partial charge in [-0.05, 0) is 18.4 Å². The minimum Gasteiger partial charge on any atom is -0.452 e. The highest BCUT2D eigenvalue weighted by Crippen LogP contribution is 2.20. The molecule has 4 heteroatoms.